The van der Waals surface area contributed by atoms with Crippen LogP contribution in [0, 0.1) is 6.92 Å². The fraction of sp³-hybridized carbons (Fsp3) is 0.714. The van der Waals surface area contributed by atoms with Crippen LogP contribution in [-0.4, -0.2) is 29.5 Å². The molecule has 1 fully saturated rings. The molecule has 0 aromatic carbocycles. The normalized spacial score (nSPS) is 23.3. The van der Waals surface area contributed by atoms with E-state index >= 15 is 0 Å². The lowest BCUT2D eigenvalue weighted by Crippen LogP contribution is -2.42. The second-order valence-corrected chi connectivity index (χ2v) is 5.24. The predicted molar refractivity (Wildman–Crippen MR) is 73.0 cm³/mol. The SMILES string of the molecule is CCCNC1CCC(NC(=O)c2ocnc2C)CC1. The number of amides is 1. The third-order valence-electron chi connectivity index (χ3n) is 3.70. The minimum Gasteiger partial charge on any atom is -0.438 e. The highest BCUT2D eigenvalue weighted by Gasteiger charge is 2.23. The minimum absolute atomic E-state index is 0.139. The van der Waals surface area contributed by atoms with E-state index in [0.717, 1.165) is 32.2 Å². The Morgan fingerprint density at radius 3 is 2.63 bits per heavy atom. The van der Waals surface area contributed by atoms with E-state index in [1.807, 2.05) is 0 Å². The van der Waals surface area contributed by atoms with Crippen LogP contribution >= 0.6 is 0 Å². The van der Waals surface area contributed by atoms with Gasteiger partial charge in [-0.15, -0.1) is 0 Å². The molecule has 1 aromatic heterocycles. The van der Waals surface area contributed by atoms with Crippen LogP contribution in [0.25, 0.3) is 0 Å². The first-order chi connectivity index (χ1) is 9.20. The van der Waals surface area contributed by atoms with Gasteiger partial charge >= 0.3 is 0 Å². The summed E-state index contributed by atoms with van der Waals surface area (Å²) in [5.41, 5.74) is 0.649. The quantitative estimate of drug-likeness (QED) is 0.854. The van der Waals surface area contributed by atoms with Gasteiger partial charge in [0.25, 0.3) is 5.91 Å². The van der Waals surface area contributed by atoms with Crippen molar-refractivity contribution < 1.29 is 9.21 Å². The Kier molecular flexibility index (Phi) is 4.96. The zero-order chi connectivity index (χ0) is 13.7. The number of aryl methyl sites for hydroxylation is 1. The molecule has 0 unspecified atom stereocenters. The summed E-state index contributed by atoms with van der Waals surface area (Å²) in [6.45, 7) is 5.04. The Bertz CT molecular complexity index is 409. The number of hydrogen-bond acceptors (Lipinski definition) is 4. The molecule has 1 aliphatic rings. The zero-order valence-corrected chi connectivity index (χ0v) is 11.7. The molecule has 5 nitrogen and oxygen atoms in total. The molecule has 1 saturated carbocycles. The summed E-state index contributed by atoms with van der Waals surface area (Å²) < 4.78 is 5.11. The number of nitrogens with one attached hydrogen (secondary N) is 2. The third-order valence-corrected chi connectivity index (χ3v) is 3.70. The molecule has 5 heteroatoms. The lowest BCUT2D eigenvalue weighted by Gasteiger charge is -2.29. The molecule has 0 aliphatic heterocycles. The van der Waals surface area contributed by atoms with Crippen LogP contribution in [-0.2, 0) is 0 Å². The van der Waals surface area contributed by atoms with Crippen LogP contribution in [0.3, 0.4) is 0 Å². The van der Waals surface area contributed by atoms with Crippen molar-refractivity contribution in [2.45, 2.75) is 58.0 Å². The van der Waals surface area contributed by atoms with Crippen LogP contribution < -0.4 is 10.6 Å². The summed E-state index contributed by atoms with van der Waals surface area (Å²) in [6.07, 6.45) is 6.79. The summed E-state index contributed by atoms with van der Waals surface area (Å²) in [4.78, 5) is 15.9. The largest absolute Gasteiger partial charge is 0.438 e. The van der Waals surface area contributed by atoms with Gasteiger partial charge in [0.05, 0.1) is 5.69 Å². The molecule has 1 amide bonds. The number of carbonyl (C=O) groups excluding carboxylic acids is 1. The molecule has 2 N–H and O–H groups in total. The van der Waals surface area contributed by atoms with Crippen molar-refractivity contribution in [3.8, 4) is 0 Å². The van der Waals surface area contributed by atoms with E-state index in [4.69, 9.17) is 4.42 Å². The molecule has 106 valence electrons. The van der Waals surface area contributed by atoms with Crippen LogP contribution in [0.1, 0.15) is 55.3 Å². The van der Waals surface area contributed by atoms with Gasteiger partial charge in [-0.1, -0.05) is 6.92 Å². The molecule has 0 atom stereocenters. The number of nitrogens with zero attached hydrogens (tertiary/aromatic N) is 1. The maximum atomic E-state index is 12.0. The molecule has 0 saturated heterocycles. The molecule has 0 spiro atoms. The Hall–Kier alpha value is -1.36. The van der Waals surface area contributed by atoms with E-state index in [1.165, 1.54) is 12.8 Å². The summed E-state index contributed by atoms with van der Waals surface area (Å²) in [5.74, 6) is 0.200. The van der Waals surface area contributed by atoms with Crippen molar-refractivity contribution >= 4 is 5.91 Å². The molecule has 0 radical (unpaired) electrons. The van der Waals surface area contributed by atoms with Gasteiger partial charge in [-0.05, 0) is 45.6 Å². The van der Waals surface area contributed by atoms with Crippen molar-refractivity contribution in [1.82, 2.24) is 15.6 Å². The highest BCUT2D eigenvalue weighted by molar-refractivity contribution is 5.92. The second-order valence-electron chi connectivity index (χ2n) is 5.24. The monoisotopic (exact) mass is 265 g/mol. The molecular formula is C14H23N3O2. The summed E-state index contributed by atoms with van der Waals surface area (Å²) in [6, 6.07) is 0.872. The van der Waals surface area contributed by atoms with Crippen LogP contribution in [0.4, 0.5) is 0 Å². The van der Waals surface area contributed by atoms with Gasteiger partial charge in [0.1, 0.15) is 0 Å². The smallest absolute Gasteiger partial charge is 0.289 e. The molecular weight excluding hydrogens is 242 g/mol. The maximum absolute atomic E-state index is 12.0. The summed E-state index contributed by atoms with van der Waals surface area (Å²) in [7, 11) is 0. The van der Waals surface area contributed by atoms with Crippen LogP contribution in [0.5, 0.6) is 0 Å². The molecule has 2 rings (SSSR count). The standard InChI is InChI=1S/C14H23N3O2/c1-3-8-15-11-4-6-12(7-5-11)17-14(18)13-10(2)16-9-19-13/h9,11-12,15H,3-8H2,1-2H3,(H,17,18). The van der Waals surface area contributed by atoms with Gasteiger partial charge in [0.2, 0.25) is 5.76 Å². The van der Waals surface area contributed by atoms with Gasteiger partial charge in [-0.3, -0.25) is 4.79 Å². The van der Waals surface area contributed by atoms with Gasteiger partial charge in [0, 0.05) is 12.1 Å². The topological polar surface area (TPSA) is 67.2 Å². The zero-order valence-electron chi connectivity index (χ0n) is 11.7. The first-order valence-corrected chi connectivity index (χ1v) is 7.15. The molecule has 1 heterocycles. The molecule has 1 aliphatic carbocycles. The summed E-state index contributed by atoms with van der Waals surface area (Å²) >= 11 is 0. The fourth-order valence-corrected chi connectivity index (χ4v) is 2.56. The van der Waals surface area contributed by atoms with Gasteiger partial charge in [-0.2, -0.15) is 0 Å². The average molecular weight is 265 g/mol. The lowest BCUT2D eigenvalue weighted by atomic mass is 9.91. The Morgan fingerprint density at radius 2 is 2.05 bits per heavy atom. The van der Waals surface area contributed by atoms with E-state index in [-0.39, 0.29) is 11.9 Å². The molecule has 19 heavy (non-hydrogen) atoms. The third kappa shape index (κ3) is 3.80. The minimum atomic E-state index is -0.139. The molecule has 0 bridgehead atoms. The maximum Gasteiger partial charge on any atom is 0.289 e. The van der Waals surface area contributed by atoms with Gasteiger partial charge in [-0.25, -0.2) is 4.98 Å². The van der Waals surface area contributed by atoms with Crippen molar-refractivity contribution in [1.29, 1.82) is 0 Å². The van der Waals surface area contributed by atoms with Crippen molar-refractivity contribution in [2.24, 2.45) is 0 Å². The number of aromatic nitrogens is 1. The molecule has 1 aromatic rings. The highest BCUT2D eigenvalue weighted by atomic mass is 16.3. The number of carbonyl (C=O) groups is 1. The van der Waals surface area contributed by atoms with Crippen molar-refractivity contribution in [2.75, 3.05) is 6.54 Å². The number of rotatable bonds is 5. The first kappa shape index (κ1) is 14.1. The second kappa shape index (κ2) is 6.70. The van der Waals surface area contributed by atoms with Crippen LogP contribution in [0.15, 0.2) is 10.8 Å². The Labute approximate surface area is 114 Å². The fourth-order valence-electron chi connectivity index (χ4n) is 2.56. The van der Waals surface area contributed by atoms with Crippen LogP contribution in [0.2, 0.25) is 0 Å². The van der Waals surface area contributed by atoms with E-state index < -0.39 is 0 Å². The average Bonchev–Trinajstić information content (AvgIpc) is 2.84. The van der Waals surface area contributed by atoms with Gasteiger partial charge in [0.15, 0.2) is 6.39 Å². The number of hydrogen-bond donors (Lipinski definition) is 2. The van der Waals surface area contributed by atoms with E-state index in [9.17, 15) is 4.79 Å². The predicted octanol–water partition coefficient (Wildman–Crippen LogP) is 2.02. The van der Waals surface area contributed by atoms with Crippen molar-refractivity contribution in [3.63, 3.8) is 0 Å². The Morgan fingerprint density at radius 1 is 1.37 bits per heavy atom. The van der Waals surface area contributed by atoms with Gasteiger partial charge < -0.3 is 15.1 Å². The lowest BCUT2D eigenvalue weighted by molar-refractivity contribution is 0.0895. The van der Waals surface area contributed by atoms with E-state index in [2.05, 4.69) is 22.5 Å². The van der Waals surface area contributed by atoms with Crippen molar-refractivity contribution in [3.05, 3.63) is 17.8 Å². The Balaban J connectivity index is 1.77. The number of oxazole rings is 1. The highest BCUT2D eigenvalue weighted by Crippen LogP contribution is 2.19. The van der Waals surface area contributed by atoms with E-state index in [1.54, 1.807) is 6.92 Å². The first-order valence-electron chi connectivity index (χ1n) is 7.15. The van der Waals surface area contributed by atoms with E-state index in [0.29, 0.717) is 17.5 Å². The summed E-state index contributed by atoms with van der Waals surface area (Å²) in [5, 5.41) is 6.58.